The van der Waals surface area contributed by atoms with Gasteiger partial charge in [-0.15, -0.1) is 0 Å². The number of rotatable bonds is 3. The zero-order valence-corrected chi connectivity index (χ0v) is 8.31. The minimum atomic E-state index is -0.292. The Morgan fingerprint density at radius 2 is 1.73 bits per heavy atom. The van der Waals surface area contributed by atoms with Gasteiger partial charge in [0.25, 0.3) is 0 Å². The molecule has 66 valence electrons. The van der Waals surface area contributed by atoms with Gasteiger partial charge >= 0.3 is 0 Å². The molecule has 0 saturated carbocycles. The van der Waals surface area contributed by atoms with E-state index in [4.69, 9.17) is 0 Å². The van der Waals surface area contributed by atoms with Gasteiger partial charge in [0, 0.05) is 5.41 Å². The van der Waals surface area contributed by atoms with E-state index in [1.807, 2.05) is 34.6 Å². The summed E-state index contributed by atoms with van der Waals surface area (Å²) in [6.07, 6.45) is -0.292. The fourth-order valence-electron chi connectivity index (χ4n) is 1.09. The van der Waals surface area contributed by atoms with Crippen molar-refractivity contribution in [1.82, 2.24) is 0 Å². The van der Waals surface area contributed by atoms with Gasteiger partial charge in [-0.05, 0) is 12.8 Å². The second-order valence-electron chi connectivity index (χ2n) is 4.19. The standard InChI is InChI=1S/C10H20O/c1-7(2)9(11)10(5,6)8(3)4/h7,9,11H,3H2,1-2,4-6H3. The maximum Gasteiger partial charge on any atom is 0.0650 e. The summed E-state index contributed by atoms with van der Waals surface area (Å²) in [5.41, 5.74) is 0.882. The van der Waals surface area contributed by atoms with Crippen LogP contribution in [0.1, 0.15) is 34.6 Å². The van der Waals surface area contributed by atoms with Crippen LogP contribution in [0.15, 0.2) is 12.2 Å². The predicted octanol–water partition coefficient (Wildman–Crippen LogP) is 2.61. The quantitative estimate of drug-likeness (QED) is 0.623. The summed E-state index contributed by atoms with van der Waals surface area (Å²) in [6.45, 7) is 13.9. The Bertz CT molecular complexity index is 145. The van der Waals surface area contributed by atoms with Crippen LogP contribution in [0.3, 0.4) is 0 Å². The molecule has 0 saturated heterocycles. The summed E-state index contributed by atoms with van der Waals surface area (Å²) in [7, 11) is 0. The average Bonchev–Trinajstić information content (AvgIpc) is 1.85. The van der Waals surface area contributed by atoms with Crippen LogP contribution in [-0.2, 0) is 0 Å². The molecule has 0 amide bonds. The molecule has 1 heteroatoms. The Hall–Kier alpha value is -0.300. The first-order valence-corrected chi connectivity index (χ1v) is 4.14. The van der Waals surface area contributed by atoms with E-state index in [1.165, 1.54) is 0 Å². The van der Waals surface area contributed by atoms with E-state index in [2.05, 4.69) is 6.58 Å². The van der Waals surface area contributed by atoms with Gasteiger partial charge in [-0.25, -0.2) is 0 Å². The average molecular weight is 156 g/mol. The Morgan fingerprint density at radius 3 is 1.82 bits per heavy atom. The molecule has 0 aromatic carbocycles. The van der Waals surface area contributed by atoms with Crippen LogP contribution in [0.25, 0.3) is 0 Å². The minimum absolute atomic E-state index is 0.159. The molecule has 1 N–H and O–H groups in total. The monoisotopic (exact) mass is 156 g/mol. The van der Waals surface area contributed by atoms with Gasteiger partial charge in [0.05, 0.1) is 6.10 Å². The number of aliphatic hydroxyl groups is 1. The van der Waals surface area contributed by atoms with Crippen molar-refractivity contribution in [1.29, 1.82) is 0 Å². The number of hydrogen-bond acceptors (Lipinski definition) is 1. The summed E-state index contributed by atoms with van der Waals surface area (Å²) in [5.74, 6) is 0.293. The Balaban J connectivity index is 4.42. The van der Waals surface area contributed by atoms with Crippen molar-refractivity contribution in [2.45, 2.75) is 40.7 Å². The van der Waals surface area contributed by atoms with Gasteiger partial charge in [0.2, 0.25) is 0 Å². The molecular weight excluding hydrogens is 136 g/mol. The molecule has 0 aromatic rings. The molecular formula is C10H20O. The van der Waals surface area contributed by atoms with E-state index in [9.17, 15) is 5.11 Å². The molecule has 0 aliphatic heterocycles. The molecule has 0 aromatic heterocycles. The van der Waals surface area contributed by atoms with Crippen molar-refractivity contribution in [3.05, 3.63) is 12.2 Å². The third-order valence-electron chi connectivity index (χ3n) is 2.47. The van der Waals surface area contributed by atoms with Crippen LogP contribution in [0.4, 0.5) is 0 Å². The third kappa shape index (κ3) is 2.33. The van der Waals surface area contributed by atoms with Crippen molar-refractivity contribution < 1.29 is 5.11 Å². The fraction of sp³-hybridized carbons (Fsp3) is 0.800. The third-order valence-corrected chi connectivity index (χ3v) is 2.47. The molecule has 0 spiro atoms. The van der Waals surface area contributed by atoms with Gasteiger partial charge < -0.3 is 5.11 Å². The minimum Gasteiger partial charge on any atom is -0.392 e. The smallest absolute Gasteiger partial charge is 0.0650 e. The molecule has 1 unspecified atom stereocenters. The Morgan fingerprint density at radius 1 is 1.36 bits per heavy atom. The summed E-state index contributed by atoms with van der Waals surface area (Å²) < 4.78 is 0. The zero-order valence-electron chi connectivity index (χ0n) is 8.31. The molecule has 0 fully saturated rings. The van der Waals surface area contributed by atoms with Crippen molar-refractivity contribution in [2.24, 2.45) is 11.3 Å². The van der Waals surface area contributed by atoms with Gasteiger partial charge in [-0.1, -0.05) is 39.8 Å². The van der Waals surface area contributed by atoms with E-state index in [0.717, 1.165) is 5.57 Å². The molecule has 0 rings (SSSR count). The van der Waals surface area contributed by atoms with Gasteiger partial charge in [0.15, 0.2) is 0 Å². The van der Waals surface area contributed by atoms with Crippen molar-refractivity contribution >= 4 is 0 Å². The SMILES string of the molecule is C=C(C)C(C)(C)C(O)C(C)C. The van der Waals surface area contributed by atoms with Crippen LogP contribution in [-0.4, -0.2) is 11.2 Å². The second kappa shape index (κ2) is 3.40. The molecule has 0 bridgehead atoms. The maximum absolute atomic E-state index is 9.76. The predicted molar refractivity (Wildman–Crippen MR) is 49.4 cm³/mol. The maximum atomic E-state index is 9.76. The molecule has 1 nitrogen and oxygen atoms in total. The second-order valence-corrected chi connectivity index (χ2v) is 4.19. The largest absolute Gasteiger partial charge is 0.392 e. The van der Waals surface area contributed by atoms with Gasteiger partial charge in [0.1, 0.15) is 0 Å². The molecule has 0 aliphatic carbocycles. The lowest BCUT2D eigenvalue weighted by atomic mass is 9.76. The Labute approximate surface area is 70.1 Å². The van der Waals surface area contributed by atoms with Crippen LogP contribution in [0.2, 0.25) is 0 Å². The lowest BCUT2D eigenvalue weighted by molar-refractivity contribution is 0.0349. The van der Waals surface area contributed by atoms with Crippen LogP contribution < -0.4 is 0 Å². The summed E-state index contributed by atoms with van der Waals surface area (Å²) >= 11 is 0. The van der Waals surface area contributed by atoms with E-state index in [1.54, 1.807) is 0 Å². The van der Waals surface area contributed by atoms with Crippen LogP contribution in [0, 0.1) is 11.3 Å². The van der Waals surface area contributed by atoms with E-state index >= 15 is 0 Å². The topological polar surface area (TPSA) is 20.2 Å². The lowest BCUT2D eigenvalue weighted by Gasteiger charge is -2.33. The first-order chi connectivity index (χ1) is 4.80. The molecule has 0 radical (unpaired) electrons. The highest BCUT2D eigenvalue weighted by Crippen LogP contribution is 2.32. The Kier molecular flexibility index (Phi) is 3.30. The lowest BCUT2D eigenvalue weighted by Crippen LogP contribution is -2.34. The fourth-order valence-corrected chi connectivity index (χ4v) is 1.09. The van der Waals surface area contributed by atoms with Crippen molar-refractivity contribution in [3.8, 4) is 0 Å². The van der Waals surface area contributed by atoms with Gasteiger partial charge in [-0.3, -0.25) is 0 Å². The first kappa shape index (κ1) is 10.7. The number of aliphatic hydroxyl groups excluding tert-OH is 1. The number of hydrogen-bond donors (Lipinski definition) is 1. The highest BCUT2D eigenvalue weighted by molar-refractivity contribution is 5.06. The molecule has 0 aliphatic rings. The summed E-state index contributed by atoms with van der Waals surface area (Å²) in [4.78, 5) is 0. The normalized spacial score (nSPS) is 15.2. The van der Waals surface area contributed by atoms with Crippen molar-refractivity contribution in [3.63, 3.8) is 0 Å². The first-order valence-electron chi connectivity index (χ1n) is 4.14. The van der Waals surface area contributed by atoms with Crippen LogP contribution >= 0.6 is 0 Å². The molecule has 1 atom stereocenters. The van der Waals surface area contributed by atoms with E-state index in [0.29, 0.717) is 5.92 Å². The summed E-state index contributed by atoms with van der Waals surface area (Å²) in [5, 5.41) is 9.76. The van der Waals surface area contributed by atoms with Crippen LogP contribution in [0.5, 0.6) is 0 Å². The summed E-state index contributed by atoms with van der Waals surface area (Å²) in [6, 6.07) is 0. The van der Waals surface area contributed by atoms with E-state index in [-0.39, 0.29) is 11.5 Å². The van der Waals surface area contributed by atoms with E-state index < -0.39 is 0 Å². The van der Waals surface area contributed by atoms with Crippen molar-refractivity contribution in [2.75, 3.05) is 0 Å². The highest BCUT2D eigenvalue weighted by Gasteiger charge is 2.30. The van der Waals surface area contributed by atoms with Gasteiger partial charge in [-0.2, -0.15) is 0 Å². The molecule has 11 heavy (non-hydrogen) atoms. The zero-order chi connectivity index (χ0) is 9.23. The highest BCUT2D eigenvalue weighted by atomic mass is 16.3. The molecule has 0 heterocycles.